The van der Waals surface area contributed by atoms with Gasteiger partial charge in [-0.2, -0.15) is 0 Å². The lowest BCUT2D eigenvalue weighted by atomic mass is 10.00. The molecule has 0 unspecified atom stereocenters. The van der Waals surface area contributed by atoms with E-state index >= 15 is 0 Å². The summed E-state index contributed by atoms with van der Waals surface area (Å²) in [6, 6.07) is 6.61. The van der Waals surface area contributed by atoms with Gasteiger partial charge in [-0.1, -0.05) is 6.92 Å². The second kappa shape index (κ2) is 6.41. The maximum absolute atomic E-state index is 12.1. The Hall–Kier alpha value is -2.04. The van der Waals surface area contributed by atoms with E-state index in [1.807, 2.05) is 4.90 Å². The van der Waals surface area contributed by atoms with Crippen molar-refractivity contribution >= 4 is 17.7 Å². The highest BCUT2D eigenvalue weighted by atomic mass is 16.5. The van der Waals surface area contributed by atoms with Crippen LogP contribution in [0.3, 0.4) is 0 Å². The van der Waals surface area contributed by atoms with Crippen LogP contribution in [-0.2, 0) is 4.74 Å². The Labute approximate surface area is 118 Å². The van der Waals surface area contributed by atoms with Gasteiger partial charge in [-0.25, -0.2) is 9.59 Å². The molecular weight excluding hydrogens is 256 g/mol. The van der Waals surface area contributed by atoms with E-state index in [-0.39, 0.29) is 12.0 Å². The molecule has 0 bridgehead atoms. The Morgan fingerprint density at radius 1 is 1.20 bits per heavy atom. The van der Waals surface area contributed by atoms with Crippen molar-refractivity contribution < 1.29 is 14.3 Å². The summed E-state index contributed by atoms with van der Waals surface area (Å²) in [5.41, 5.74) is 1.15. The summed E-state index contributed by atoms with van der Waals surface area (Å²) in [5, 5.41) is 2.85. The first-order valence-electron chi connectivity index (χ1n) is 6.84. The fourth-order valence-corrected chi connectivity index (χ4v) is 2.22. The molecule has 1 aliphatic heterocycles. The number of hydrogen-bond donors (Lipinski definition) is 1. The first-order valence-corrected chi connectivity index (χ1v) is 6.84. The van der Waals surface area contributed by atoms with Crippen LogP contribution in [0.25, 0.3) is 0 Å². The van der Waals surface area contributed by atoms with E-state index in [4.69, 9.17) is 0 Å². The maximum Gasteiger partial charge on any atom is 0.337 e. The topological polar surface area (TPSA) is 58.6 Å². The number of rotatable bonds is 2. The standard InChI is InChI=1S/C15H20N2O3/c1-11-7-9-17(10-8-11)15(19)16-13-5-3-12(4-6-13)14(18)20-2/h3-6,11H,7-10H2,1-2H3,(H,16,19). The summed E-state index contributed by atoms with van der Waals surface area (Å²) in [7, 11) is 1.34. The van der Waals surface area contributed by atoms with Gasteiger partial charge in [-0.05, 0) is 43.0 Å². The molecule has 1 N–H and O–H groups in total. The third-order valence-corrected chi connectivity index (χ3v) is 3.63. The molecule has 1 aliphatic rings. The highest BCUT2D eigenvalue weighted by molar-refractivity contribution is 5.92. The molecule has 1 saturated heterocycles. The number of ether oxygens (including phenoxy) is 1. The summed E-state index contributed by atoms with van der Waals surface area (Å²) >= 11 is 0. The Kier molecular flexibility index (Phi) is 4.61. The van der Waals surface area contributed by atoms with Crippen LogP contribution < -0.4 is 5.32 Å². The van der Waals surface area contributed by atoms with Crippen LogP contribution in [0, 0.1) is 5.92 Å². The number of nitrogens with zero attached hydrogens (tertiary/aromatic N) is 1. The Balaban J connectivity index is 1.92. The first-order chi connectivity index (χ1) is 9.60. The molecule has 1 fully saturated rings. The monoisotopic (exact) mass is 276 g/mol. The fourth-order valence-electron chi connectivity index (χ4n) is 2.22. The summed E-state index contributed by atoms with van der Waals surface area (Å²) in [6.07, 6.45) is 2.10. The van der Waals surface area contributed by atoms with Crippen LogP contribution in [0.15, 0.2) is 24.3 Å². The second-order valence-corrected chi connectivity index (χ2v) is 5.17. The lowest BCUT2D eigenvalue weighted by Crippen LogP contribution is -2.40. The summed E-state index contributed by atoms with van der Waals surface area (Å²) in [6.45, 7) is 3.81. The average molecular weight is 276 g/mol. The number of anilines is 1. The number of benzene rings is 1. The number of methoxy groups -OCH3 is 1. The predicted molar refractivity (Wildman–Crippen MR) is 76.8 cm³/mol. The van der Waals surface area contributed by atoms with Gasteiger partial charge in [-0.15, -0.1) is 0 Å². The molecule has 0 radical (unpaired) electrons. The zero-order valence-electron chi connectivity index (χ0n) is 11.9. The lowest BCUT2D eigenvalue weighted by Gasteiger charge is -2.30. The molecule has 5 nitrogen and oxygen atoms in total. The number of amides is 2. The van der Waals surface area contributed by atoms with Crippen molar-refractivity contribution in [3.8, 4) is 0 Å². The lowest BCUT2D eigenvalue weighted by molar-refractivity contribution is 0.0601. The van der Waals surface area contributed by atoms with Crippen molar-refractivity contribution in [3.05, 3.63) is 29.8 Å². The first kappa shape index (κ1) is 14.4. The molecule has 0 atom stereocenters. The van der Waals surface area contributed by atoms with Gasteiger partial charge < -0.3 is 15.0 Å². The number of carbonyl (C=O) groups excluding carboxylic acids is 2. The fraction of sp³-hybridized carbons (Fsp3) is 0.467. The van der Waals surface area contributed by atoms with Crippen molar-refractivity contribution in [2.24, 2.45) is 5.92 Å². The molecule has 2 amide bonds. The van der Waals surface area contributed by atoms with Gasteiger partial charge in [-0.3, -0.25) is 0 Å². The van der Waals surface area contributed by atoms with Gasteiger partial charge in [0.2, 0.25) is 0 Å². The maximum atomic E-state index is 12.1. The Morgan fingerprint density at radius 2 is 1.80 bits per heavy atom. The quantitative estimate of drug-likeness (QED) is 0.845. The van der Waals surface area contributed by atoms with Crippen molar-refractivity contribution in [2.45, 2.75) is 19.8 Å². The average Bonchev–Trinajstić information content (AvgIpc) is 2.48. The van der Waals surface area contributed by atoms with Crippen LogP contribution in [0.2, 0.25) is 0 Å². The molecule has 0 saturated carbocycles. The molecule has 1 heterocycles. The highest BCUT2D eigenvalue weighted by Crippen LogP contribution is 2.17. The normalized spacial score (nSPS) is 15.8. The molecular formula is C15H20N2O3. The number of hydrogen-bond acceptors (Lipinski definition) is 3. The van der Waals surface area contributed by atoms with Crippen LogP contribution in [-0.4, -0.2) is 37.1 Å². The second-order valence-electron chi connectivity index (χ2n) is 5.17. The number of piperidine rings is 1. The Morgan fingerprint density at radius 3 is 2.35 bits per heavy atom. The van der Waals surface area contributed by atoms with E-state index < -0.39 is 0 Å². The minimum atomic E-state index is -0.382. The van der Waals surface area contributed by atoms with E-state index in [1.54, 1.807) is 24.3 Å². The number of esters is 1. The van der Waals surface area contributed by atoms with E-state index in [0.717, 1.165) is 25.9 Å². The zero-order chi connectivity index (χ0) is 14.5. The molecule has 0 spiro atoms. The molecule has 20 heavy (non-hydrogen) atoms. The summed E-state index contributed by atoms with van der Waals surface area (Å²) < 4.78 is 4.63. The van der Waals surface area contributed by atoms with E-state index in [1.165, 1.54) is 7.11 Å². The van der Waals surface area contributed by atoms with Crippen LogP contribution in [0.4, 0.5) is 10.5 Å². The molecule has 1 aromatic rings. The molecule has 1 aromatic carbocycles. The van der Waals surface area contributed by atoms with Gasteiger partial charge in [0.1, 0.15) is 0 Å². The number of likely N-dealkylation sites (tertiary alicyclic amines) is 1. The minimum absolute atomic E-state index is 0.0808. The number of urea groups is 1. The van der Waals surface area contributed by atoms with E-state index in [0.29, 0.717) is 17.2 Å². The van der Waals surface area contributed by atoms with Crippen molar-refractivity contribution in [1.82, 2.24) is 4.90 Å². The van der Waals surface area contributed by atoms with Gasteiger partial charge in [0.15, 0.2) is 0 Å². The molecule has 0 aliphatic carbocycles. The smallest absolute Gasteiger partial charge is 0.337 e. The van der Waals surface area contributed by atoms with Gasteiger partial charge >= 0.3 is 12.0 Å². The molecule has 108 valence electrons. The molecule has 5 heteroatoms. The minimum Gasteiger partial charge on any atom is -0.465 e. The van der Waals surface area contributed by atoms with Gasteiger partial charge in [0.05, 0.1) is 12.7 Å². The zero-order valence-corrected chi connectivity index (χ0v) is 11.9. The van der Waals surface area contributed by atoms with Crippen LogP contribution >= 0.6 is 0 Å². The van der Waals surface area contributed by atoms with E-state index in [9.17, 15) is 9.59 Å². The molecule has 2 rings (SSSR count). The Bertz CT molecular complexity index is 476. The molecule has 0 aromatic heterocycles. The SMILES string of the molecule is COC(=O)c1ccc(NC(=O)N2CCC(C)CC2)cc1. The summed E-state index contributed by atoms with van der Waals surface area (Å²) in [5.74, 6) is 0.311. The van der Waals surface area contributed by atoms with Gasteiger partial charge in [0, 0.05) is 18.8 Å². The van der Waals surface area contributed by atoms with Gasteiger partial charge in [0.25, 0.3) is 0 Å². The van der Waals surface area contributed by atoms with Crippen molar-refractivity contribution in [2.75, 3.05) is 25.5 Å². The predicted octanol–water partition coefficient (Wildman–Crippen LogP) is 2.74. The van der Waals surface area contributed by atoms with E-state index in [2.05, 4.69) is 17.0 Å². The largest absolute Gasteiger partial charge is 0.465 e. The third kappa shape index (κ3) is 3.50. The van der Waals surface area contributed by atoms with Crippen LogP contribution in [0.5, 0.6) is 0 Å². The van der Waals surface area contributed by atoms with Crippen molar-refractivity contribution in [1.29, 1.82) is 0 Å². The number of carbonyl (C=O) groups is 2. The number of nitrogens with one attached hydrogen (secondary N) is 1. The van der Waals surface area contributed by atoms with Crippen molar-refractivity contribution in [3.63, 3.8) is 0 Å². The third-order valence-electron chi connectivity index (χ3n) is 3.63. The van der Waals surface area contributed by atoms with Crippen LogP contribution in [0.1, 0.15) is 30.1 Å². The summed E-state index contributed by atoms with van der Waals surface area (Å²) in [4.78, 5) is 25.2. The highest BCUT2D eigenvalue weighted by Gasteiger charge is 2.20.